The molecule has 142 valence electrons. The minimum atomic E-state index is 0.721. The molecule has 0 bridgehead atoms. The zero-order chi connectivity index (χ0) is 18.8. The van der Waals surface area contributed by atoms with E-state index in [1.807, 2.05) is 18.2 Å². The molecule has 0 spiro atoms. The topological polar surface area (TPSA) is 56.8 Å². The van der Waals surface area contributed by atoms with Crippen LogP contribution < -0.4 is 19.7 Å². The first-order chi connectivity index (χ1) is 13.2. The number of nitrogens with two attached hydrogens (primary N) is 1. The fourth-order valence-corrected chi connectivity index (χ4v) is 4.08. The Morgan fingerprint density at radius 3 is 2.63 bits per heavy atom. The van der Waals surface area contributed by atoms with E-state index >= 15 is 0 Å². The molecule has 0 unspecified atom stereocenters. The van der Waals surface area contributed by atoms with Gasteiger partial charge in [0.05, 0.1) is 19.9 Å². The maximum absolute atomic E-state index is 5.50. The Bertz CT molecular complexity index is 951. The molecule has 3 aromatic rings. The van der Waals surface area contributed by atoms with Crippen LogP contribution in [0.4, 0.5) is 0 Å². The monoisotopic (exact) mass is 432 g/mol. The molecule has 0 radical (unpaired) electrons. The summed E-state index contributed by atoms with van der Waals surface area (Å²) in [6.45, 7) is 5.66. The van der Waals surface area contributed by atoms with Crippen molar-refractivity contribution >= 4 is 21.6 Å². The van der Waals surface area contributed by atoms with Crippen LogP contribution in [0.5, 0.6) is 11.5 Å². The van der Waals surface area contributed by atoms with Crippen molar-refractivity contribution in [3.8, 4) is 22.8 Å². The van der Waals surface area contributed by atoms with E-state index in [0.717, 1.165) is 39.4 Å². The summed E-state index contributed by atoms with van der Waals surface area (Å²) in [5.74, 6) is 1.45. The quantitative estimate of drug-likeness (QED) is 0.625. The maximum atomic E-state index is 5.50. The van der Waals surface area contributed by atoms with Gasteiger partial charge in [0.2, 0.25) is 0 Å². The number of ether oxygens (including phenoxy) is 2. The molecule has 0 amide bonds. The van der Waals surface area contributed by atoms with Gasteiger partial charge in [-0.15, -0.1) is 0 Å². The summed E-state index contributed by atoms with van der Waals surface area (Å²) < 4.78 is 14.2. The molecule has 3 heterocycles. The fourth-order valence-electron chi connectivity index (χ4n) is 3.75. The number of methoxy groups -OCH3 is 2. The molecule has 4 rings (SSSR count). The van der Waals surface area contributed by atoms with Gasteiger partial charge in [-0.25, -0.2) is 4.98 Å². The van der Waals surface area contributed by atoms with Crippen LogP contribution in [0.25, 0.3) is 16.9 Å². The molecular weight excluding hydrogens is 408 g/mol. The molecule has 1 aliphatic rings. The zero-order valence-corrected chi connectivity index (χ0v) is 17.3. The van der Waals surface area contributed by atoms with E-state index in [1.54, 1.807) is 19.1 Å². The molecule has 7 heteroatoms. The molecule has 1 saturated heterocycles. The van der Waals surface area contributed by atoms with Crippen molar-refractivity contribution in [2.75, 3.05) is 40.4 Å². The van der Waals surface area contributed by atoms with Crippen LogP contribution in [0, 0.1) is 0 Å². The van der Waals surface area contributed by atoms with Gasteiger partial charge in [0.1, 0.15) is 44.1 Å². The third-order valence-corrected chi connectivity index (χ3v) is 5.63. The van der Waals surface area contributed by atoms with E-state index < -0.39 is 0 Å². The van der Waals surface area contributed by atoms with Gasteiger partial charge in [0.25, 0.3) is 0 Å². The number of imidazole rings is 1. The van der Waals surface area contributed by atoms with Crippen LogP contribution in [-0.4, -0.2) is 49.8 Å². The van der Waals surface area contributed by atoms with Crippen molar-refractivity contribution in [3.63, 3.8) is 0 Å². The zero-order valence-electron chi connectivity index (χ0n) is 15.7. The molecule has 1 aromatic carbocycles. The van der Waals surface area contributed by atoms with Crippen molar-refractivity contribution < 1.29 is 19.7 Å². The normalized spacial score (nSPS) is 15.2. The van der Waals surface area contributed by atoms with Crippen molar-refractivity contribution in [2.45, 2.75) is 6.54 Å². The second-order valence-corrected chi connectivity index (χ2v) is 7.76. The molecule has 3 N–H and O–H groups in total. The minimum absolute atomic E-state index is 0.721. The Kier molecular flexibility index (Phi) is 5.33. The van der Waals surface area contributed by atoms with Gasteiger partial charge >= 0.3 is 0 Å². The predicted octanol–water partition coefficient (Wildman–Crippen LogP) is 0.743. The average Bonchev–Trinajstić information content (AvgIpc) is 3.06. The highest BCUT2D eigenvalue weighted by Gasteiger charge is 2.23. The lowest BCUT2D eigenvalue weighted by Gasteiger charge is -2.22. The smallest absolute Gasteiger partial charge is 0.161 e. The van der Waals surface area contributed by atoms with Crippen molar-refractivity contribution in [1.29, 1.82) is 0 Å². The number of aromatic nitrogens is 2. The molecule has 0 saturated carbocycles. The number of pyridine rings is 1. The molecule has 27 heavy (non-hydrogen) atoms. The van der Waals surface area contributed by atoms with E-state index in [1.165, 1.54) is 31.9 Å². The number of halogens is 1. The summed E-state index contributed by atoms with van der Waals surface area (Å²) in [6, 6.07) is 10.1. The maximum Gasteiger partial charge on any atom is 0.161 e. The summed E-state index contributed by atoms with van der Waals surface area (Å²) in [5, 5.41) is 2.39. The number of hydrogen-bond donors (Lipinski definition) is 2. The van der Waals surface area contributed by atoms with Crippen LogP contribution >= 0.6 is 15.9 Å². The first-order valence-electron chi connectivity index (χ1n) is 9.23. The lowest BCUT2D eigenvalue weighted by Crippen LogP contribution is -3.19. The third-order valence-electron chi connectivity index (χ3n) is 5.16. The van der Waals surface area contributed by atoms with E-state index in [9.17, 15) is 0 Å². The SMILES string of the molecule is COc1ccc(-c2nc3ccc(Br)cn3c2C[NH+]2CC[NH2+]CC2)cc1OC. The Labute approximate surface area is 167 Å². The summed E-state index contributed by atoms with van der Waals surface area (Å²) in [5.41, 5.74) is 4.25. The number of piperazine rings is 1. The Morgan fingerprint density at radius 2 is 1.89 bits per heavy atom. The van der Waals surface area contributed by atoms with Gasteiger partial charge < -0.3 is 19.7 Å². The van der Waals surface area contributed by atoms with Gasteiger partial charge in [-0.3, -0.25) is 4.40 Å². The number of benzene rings is 1. The van der Waals surface area contributed by atoms with Gasteiger partial charge in [-0.05, 0) is 46.3 Å². The number of nitrogens with one attached hydrogen (secondary N) is 1. The first kappa shape index (κ1) is 18.3. The van der Waals surface area contributed by atoms with Crippen LogP contribution in [0.1, 0.15) is 5.69 Å². The number of fused-ring (bicyclic) bond motifs is 1. The highest BCUT2D eigenvalue weighted by Crippen LogP contribution is 2.33. The van der Waals surface area contributed by atoms with Crippen molar-refractivity contribution in [3.05, 3.63) is 46.7 Å². The highest BCUT2D eigenvalue weighted by atomic mass is 79.9. The standard InChI is InChI=1S/C20H23BrN4O2/c1-26-17-5-3-14(11-18(17)27-2)20-16(13-24-9-7-22-8-10-24)25-12-15(21)4-6-19(25)23-20/h3-6,11-12,22H,7-10,13H2,1-2H3/p+2. The summed E-state index contributed by atoms with van der Waals surface area (Å²) >= 11 is 3.60. The summed E-state index contributed by atoms with van der Waals surface area (Å²) in [6.07, 6.45) is 2.11. The first-order valence-corrected chi connectivity index (χ1v) is 10.0. The van der Waals surface area contributed by atoms with Crippen molar-refractivity contribution in [1.82, 2.24) is 9.38 Å². The van der Waals surface area contributed by atoms with Gasteiger partial charge in [0.15, 0.2) is 11.5 Å². The van der Waals surface area contributed by atoms with Crippen LogP contribution in [0.2, 0.25) is 0 Å². The summed E-state index contributed by atoms with van der Waals surface area (Å²) in [7, 11) is 3.32. The second kappa shape index (κ2) is 7.88. The second-order valence-electron chi connectivity index (χ2n) is 6.85. The largest absolute Gasteiger partial charge is 0.493 e. The van der Waals surface area contributed by atoms with E-state index in [-0.39, 0.29) is 0 Å². The molecule has 2 aromatic heterocycles. The Balaban J connectivity index is 1.82. The number of nitrogens with zero attached hydrogens (tertiary/aromatic N) is 2. The van der Waals surface area contributed by atoms with E-state index in [4.69, 9.17) is 14.5 Å². The lowest BCUT2D eigenvalue weighted by atomic mass is 10.1. The number of hydrogen-bond acceptors (Lipinski definition) is 3. The van der Waals surface area contributed by atoms with Crippen molar-refractivity contribution in [2.24, 2.45) is 0 Å². The fraction of sp³-hybridized carbons (Fsp3) is 0.350. The predicted molar refractivity (Wildman–Crippen MR) is 107 cm³/mol. The average molecular weight is 433 g/mol. The molecule has 0 aliphatic carbocycles. The molecule has 6 nitrogen and oxygen atoms in total. The minimum Gasteiger partial charge on any atom is -0.493 e. The van der Waals surface area contributed by atoms with Gasteiger partial charge in [-0.1, -0.05) is 0 Å². The summed E-state index contributed by atoms with van der Waals surface area (Å²) in [4.78, 5) is 6.54. The van der Waals surface area contributed by atoms with E-state index in [2.05, 4.69) is 44.0 Å². The van der Waals surface area contributed by atoms with Crippen LogP contribution in [0.15, 0.2) is 41.0 Å². The number of quaternary nitrogens is 2. The number of rotatable bonds is 5. The Morgan fingerprint density at radius 1 is 1.11 bits per heavy atom. The lowest BCUT2D eigenvalue weighted by molar-refractivity contribution is -0.958. The molecule has 1 aliphatic heterocycles. The molecule has 0 atom stereocenters. The van der Waals surface area contributed by atoms with Crippen LogP contribution in [-0.2, 0) is 6.54 Å². The highest BCUT2D eigenvalue weighted by molar-refractivity contribution is 9.10. The van der Waals surface area contributed by atoms with Gasteiger partial charge in [0, 0.05) is 16.2 Å². The molecular formula is C20H25BrN4O2+2. The third kappa shape index (κ3) is 3.67. The molecule has 1 fully saturated rings. The van der Waals surface area contributed by atoms with Gasteiger partial charge in [-0.2, -0.15) is 0 Å². The Hall–Kier alpha value is -2.09. The van der Waals surface area contributed by atoms with Crippen LogP contribution in [0.3, 0.4) is 0 Å². The van der Waals surface area contributed by atoms with E-state index in [0.29, 0.717) is 0 Å².